The smallest absolute Gasteiger partial charge is 0.0587 e. The van der Waals surface area contributed by atoms with Gasteiger partial charge in [-0.25, -0.2) is 0 Å². The predicted molar refractivity (Wildman–Crippen MR) is 78.8 cm³/mol. The van der Waals surface area contributed by atoms with Gasteiger partial charge >= 0.3 is 0 Å². The largest absolute Gasteiger partial charge is 0.383 e. The molecule has 0 amide bonds. The molecule has 1 aromatic heterocycles. The van der Waals surface area contributed by atoms with Gasteiger partial charge in [-0.05, 0) is 53.4 Å². The maximum Gasteiger partial charge on any atom is 0.0587 e. The van der Waals surface area contributed by atoms with Crippen LogP contribution < -0.4 is 5.32 Å². The number of nitrogens with zero attached hydrogens (tertiary/aromatic N) is 1. The molecule has 18 heavy (non-hydrogen) atoms. The number of aromatic nitrogens is 1. The minimum atomic E-state index is 0.653. The summed E-state index contributed by atoms with van der Waals surface area (Å²) in [5.41, 5.74) is 1.17. The molecule has 1 unspecified atom stereocenters. The Morgan fingerprint density at radius 2 is 2.28 bits per heavy atom. The number of hydrogen-bond donors (Lipinski definition) is 1. The molecule has 0 saturated carbocycles. The maximum atomic E-state index is 5.04. The second kappa shape index (κ2) is 9.48. The third kappa shape index (κ3) is 6.47. The molecule has 1 N–H and O–H groups in total. The summed E-state index contributed by atoms with van der Waals surface area (Å²) in [6.45, 7) is 4.96. The summed E-state index contributed by atoms with van der Waals surface area (Å²) in [5.74, 6) is 0.653. The van der Waals surface area contributed by atoms with Crippen LogP contribution in [0.3, 0.4) is 0 Å². The highest BCUT2D eigenvalue weighted by atomic mass is 79.9. The lowest BCUT2D eigenvalue weighted by molar-refractivity contribution is 0.197. The van der Waals surface area contributed by atoms with Gasteiger partial charge in [-0.2, -0.15) is 0 Å². The van der Waals surface area contributed by atoms with E-state index in [0.29, 0.717) is 5.92 Å². The van der Waals surface area contributed by atoms with Gasteiger partial charge in [-0.1, -0.05) is 13.3 Å². The van der Waals surface area contributed by atoms with E-state index < -0.39 is 0 Å². The van der Waals surface area contributed by atoms with Gasteiger partial charge in [-0.3, -0.25) is 4.98 Å². The lowest BCUT2D eigenvalue weighted by Gasteiger charge is -2.16. The molecule has 0 aliphatic heterocycles. The van der Waals surface area contributed by atoms with E-state index in [1.54, 1.807) is 7.11 Å². The van der Waals surface area contributed by atoms with E-state index in [2.05, 4.69) is 45.3 Å². The van der Waals surface area contributed by atoms with Gasteiger partial charge in [0.2, 0.25) is 0 Å². The average Bonchev–Trinajstić information content (AvgIpc) is 2.37. The van der Waals surface area contributed by atoms with Gasteiger partial charge in [0.15, 0.2) is 0 Å². The molecule has 1 rings (SSSR count). The molecule has 0 bridgehead atoms. The Morgan fingerprint density at radius 1 is 1.44 bits per heavy atom. The van der Waals surface area contributed by atoms with E-state index >= 15 is 0 Å². The van der Waals surface area contributed by atoms with Crippen LogP contribution in [0.2, 0.25) is 0 Å². The molecule has 0 fully saturated rings. The molecule has 0 aliphatic carbocycles. The summed E-state index contributed by atoms with van der Waals surface area (Å²) in [6, 6.07) is 4.16. The van der Waals surface area contributed by atoms with E-state index in [9.17, 15) is 0 Å². The molecule has 0 aromatic carbocycles. The summed E-state index contributed by atoms with van der Waals surface area (Å²) in [5, 5.41) is 3.44. The van der Waals surface area contributed by atoms with E-state index in [-0.39, 0.29) is 0 Å². The zero-order valence-corrected chi connectivity index (χ0v) is 12.9. The quantitative estimate of drug-likeness (QED) is 0.711. The highest BCUT2D eigenvalue weighted by Gasteiger charge is 2.09. The Morgan fingerprint density at radius 3 is 2.89 bits per heavy atom. The average molecular weight is 315 g/mol. The fourth-order valence-electron chi connectivity index (χ4n) is 1.99. The maximum absolute atomic E-state index is 5.04. The van der Waals surface area contributed by atoms with Crippen molar-refractivity contribution in [1.29, 1.82) is 0 Å². The molecule has 0 spiro atoms. The van der Waals surface area contributed by atoms with E-state index in [0.717, 1.165) is 30.6 Å². The molecule has 102 valence electrons. The second-order valence-corrected chi connectivity index (χ2v) is 5.44. The summed E-state index contributed by atoms with van der Waals surface area (Å²) in [4.78, 5) is 4.45. The Balaban J connectivity index is 2.38. The fourth-order valence-corrected chi connectivity index (χ4v) is 2.22. The van der Waals surface area contributed by atoms with E-state index in [1.807, 2.05) is 6.20 Å². The SMILES string of the molecule is CCCC(CNCCOC)Cc1ccc(Br)cn1. The van der Waals surface area contributed by atoms with Gasteiger partial charge in [0.25, 0.3) is 0 Å². The van der Waals surface area contributed by atoms with Crippen molar-refractivity contribution in [2.24, 2.45) is 5.92 Å². The molecule has 0 aliphatic rings. The Hall–Kier alpha value is -0.450. The number of hydrogen-bond acceptors (Lipinski definition) is 3. The van der Waals surface area contributed by atoms with Crippen molar-refractivity contribution in [2.75, 3.05) is 26.8 Å². The van der Waals surface area contributed by atoms with Crippen LogP contribution in [-0.4, -0.2) is 31.8 Å². The van der Waals surface area contributed by atoms with Gasteiger partial charge < -0.3 is 10.1 Å². The highest BCUT2D eigenvalue weighted by molar-refractivity contribution is 9.10. The topological polar surface area (TPSA) is 34.1 Å². The first kappa shape index (κ1) is 15.6. The minimum Gasteiger partial charge on any atom is -0.383 e. The van der Waals surface area contributed by atoms with Crippen molar-refractivity contribution in [1.82, 2.24) is 10.3 Å². The Labute approximate surface area is 118 Å². The van der Waals surface area contributed by atoms with Gasteiger partial charge in [-0.15, -0.1) is 0 Å². The standard InChI is InChI=1S/C14H23BrN2O/c1-3-4-12(10-16-7-8-18-2)9-14-6-5-13(15)11-17-14/h5-6,11-12,16H,3-4,7-10H2,1-2H3. The van der Waals surface area contributed by atoms with Crippen LogP contribution in [0.1, 0.15) is 25.5 Å². The number of halogens is 1. The first-order valence-corrected chi connectivity index (χ1v) is 7.35. The van der Waals surface area contributed by atoms with Crippen molar-refractivity contribution in [3.63, 3.8) is 0 Å². The minimum absolute atomic E-state index is 0.653. The van der Waals surface area contributed by atoms with E-state index in [1.165, 1.54) is 18.5 Å². The first-order chi connectivity index (χ1) is 8.76. The molecule has 4 heteroatoms. The third-order valence-electron chi connectivity index (χ3n) is 2.90. The number of pyridine rings is 1. The molecule has 0 saturated heterocycles. The number of rotatable bonds is 9. The van der Waals surface area contributed by atoms with Crippen molar-refractivity contribution >= 4 is 15.9 Å². The van der Waals surface area contributed by atoms with Crippen LogP contribution in [0.4, 0.5) is 0 Å². The molecule has 0 radical (unpaired) electrons. The summed E-state index contributed by atoms with van der Waals surface area (Å²) >= 11 is 3.41. The summed E-state index contributed by atoms with van der Waals surface area (Å²) in [6.07, 6.45) is 5.36. The fraction of sp³-hybridized carbons (Fsp3) is 0.643. The monoisotopic (exact) mass is 314 g/mol. The van der Waals surface area contributed by atoms with Crippen LogP contribution >= 0.6 is 15.9 Å². The van der Waals surface area contributed by atoms with Crippen molar-refractivity contribution in [3.05, 3.63) is 28.5 Å². The number of ether oxygens (including phenoxy) is 1. The van der Waals surface area contributed by atoms with Crippen LogP contribution in [-0.2, 0) is 11.2 Å². The van der Waals surface area contributed by atoms with Gasteiger partial charge in [0.1, 0.15) is 0 Å². The van der Waals surface area contributed by atoms with Gasteiger partial charge in [0.05, 0.1) is 6.61 Å². The second-order valence-electron chi connectivity index (χ2n) is 4.52. The van der Waals surface area contributed by atoms with Crippen LogP contribution in [0.15, 0.2) is 22.8 Å². The zero-order chi connectivity index (χ0) is 13.2. The Kier molecular flexibility index (Phi) is 8.22. The summed E-state index contributed by atoms with van der Waals surface area (Å²) in [7, 11) is 1.73. The zero-order valence-electron chi connectivity index (χ0n) is 11.3. The van der Waals surface area contributed by atoms with Crippen LogP contribution in [0, 0.1) is 5.92 Å². The Bertz CT molecular complexity index is 316. The molecular formula is C14H23BrN2O. The molecule has 3 nitrogen and oxygen atoms in total. The van der Waals surface area contributed by atoms with Crippen LogP contribution in [0.5, 0.6) is 0 Å². The van der Waals surface area contributed by atoms with Crippen molar-refractivity contribution in [3.8, 4) is 0 Å². The third-order valence-corrected chi connectivity index (χ3v) is 3.37. The van der Waals surface area contributed by atoms with Gasteiger partial charge in [0, 0.05) is 30.0 Å². The number of methoxy groups -OCH3 is 1. The van der Waals surface area contributed by atoms with Crippen molar-refractivity contribution in [2.45, 2.75) is 26.2 Å². The lowest BCUT2D eigenvalue weighted by Crippen LogP contribution is -2.27. The van der Waals surface area contributed by atoms with Crippen molar-refractivity contribution < 1.29 is 4.74 Å². The summed E-state index contributed by atoms with van der Waals surface area (Å²) < 4.78 is 6.07. The predicted octanol–water partition coefficient (Wildman–Crippen LogP) is 3.04. The molecule has 1 heterocycles. The first-order valence-electron chi connectivity index (χ1n) is 6.56. The normalized spacial score (nSPS) is 12.6. The molecule has 1 atom stereocenters. The lowest BCUT2D eigenvalue weighted by atomic mass is 9.97. The highest BCUT2D eigenvalue weighted by Crippen LogP contribution is 2.14. The molecular weight excluding hydrogens is 292 g/mol. The number of nitrogens with one attached hydrogen (secondary N) is 1. The molecule has 1 aromatic rings. The van der Waals surface area contributed by atoms with E-state index in [4.69, 9.17) is 4.74 Å². The van der Waals surface area contributed by atoms with Crippen LogP contribution in [0.25, 0.3) is 0 Å².